The predicted molar refractivity (Wildman–Crippen MR) is 120 cm³/mol. The zero-order valence-corrected chi connectivity index (χ0v) is 18.4. The molecule has 6 nitrogen and oxygen atoms in total. The number of benzene rings is 1. The summed E-state index contributed by atoms with van der Waals surface area (Å²) in [6.45, 7) is 4.50. The molecule has 0 N–H and O–H groups in total. The lowest BCUT2D eigenvalue weighted by molar-refractivity contribution is -0.134. The van der Waals surface area contributed by atoms with E-state index in [1.807, 2.05) is 25.4 Å². The van der Waals surface area contributed by atoms with Gasteiger partial charge in [-0.15, -0.1) is 0 Å². The number of likely N-dealkylation sites (tertiary alicyclic amines) is 1. The highest BCUT2D eigenvalue weighted by Crippen LogP contribution is 2.37. The third-order valence-electron chi connectivity index (χ3n) is 5.73. The van der Waals surface area contributed by atoms with Gasteiger partial charge in [-0.05, 0) is 55.5 Å². The molecule has 1 aliphatic rings. The monoisotopic (exact) mass is 434 g/mol. The molecule has 0 bridgehead atoms. The molecular formula is C25H27FN4O2. The van der Waals surface area contributed by atoms with Crippen LogP contribution < -0.4 is 4.74 Å². The molecule has 1 amide bonds. The number of para-hydroxylation sites is 1. The molecule has 1 fully saturated rings. The minimum atomic E-state index is -0.478. The molecule has 0 aliphatic carbocycles. The smallest absolute Gasteiger partial charge is 0.261 e. The Hall–Kier alpha value is -3.35. The van der Waals surface area contributed by atoms with Gasteiger partial charge in [-0.25, -0.2) is 14.4 Å². The van der Waals surface area contributed by atoms with Gasteiger partial charge in [0.1, 0.15) is 5.82 Å². The molecule has 1 aliphatic heterocycles. The van der Waals surface area contributed by atoms with E-state index in [0.29, 0.717) is 6.54 Å². The van der Waals surface area contributed by atoms with Crippen molar-refractivity contribution in [3.63, 3.8) is 0 Å². The van der Waals surface area contributed by atoms with Crippen molar-refractivity contribution in [2.24, 2.45) is 0 Å². The summed E-state index contributed by atoms with van der Waals surface area (Å²) in [5.74, 6) is 0.203. The van der Waals surface area contributed by atoms with Crippen LogP contribution in [0.5, 0.6) is 5.75 Å². The van der Waals surface area contributed by atoms with E-state index in [1.54, 1.807) is 23.2 Å². The van der Waals surface area contributed by atoms with Crippen LogP contribution in [0.15, 0.2) is 48.9 Å². The molecule has 1 unspecified atom stereocenters. The zero-order chi connectivity index (χ0) is 22.5. The number of pyridine rings is 1. The van der Waals surface area contributed by atoms with Crippen molar-refractivity contribution >= 4 is 5.91 Å². The highest BCUT2D eigenvalue weighted by Gasteiger charge is 2.33. The van der Waals surface area contributed by atoms with Gasteiger partial charge in [0.05, 0.1) is 11.7 Å². The summed E-state index contributed by atoms with van der Waals surface area (Å²) in [7, 11) is 0. The summed E-state index contributed by atoms with van der Waals surface area (Å²) < 4.78 is 19.4. The second-order valence-corrected chi connectivity index (χ2v) is 7.99. The Balaban J connectivity index is 1.63. The normalized spacial score (nSPS) is 15.7. The Labute approximate surface area is 187 Å². The maximum atomic E-state index is 13.9. The van der Waals surface area contributed by atoms with Gasteiger partial charge in [0.15, 0.2) is 18.2 Å². The number of aromatic nitrogens is 3. The Morgan fingerprint density at radius 3 is 2.84 bits per heavy atom. The van der Waals surface area contributed by atoms with Crippen molar-refractivity contribution in [3.8, 4) is 16.9 Å². The van der Waals surface area contributed by atoms with Gasteiger partial charge >= 0.3 is 0 Å². The summed E-state index contributed by atoms with van der Waals surface area (Å²) in [5, 5.41) is 0. The third-order valence-corrected chi connectivity index (χ3v) is 5.73. The maximum absolute atomic E-state index is 13.9. The lowest BCUT2D eigenvalue weighted by atomic mass is 9.97. The van der Waals surface area contributed by atoms with Crippen molar-refractivity contribution in [2.75, 3.05) is 13.2 Å². The van der Waals surface area contributed by atoms with Crippen LogP contribution in [0.1, 0.15) is 49.3 Å². The Kier molecular flexibility index (Phi) is 6.73. The number of carbonyl (C=O) groups is 1. The molecule has 4 rings (SSSR count). The minimum Gasteiger partial charge on any atom is -0.481 e. The van der Waals surface area contributed by atoms with Crippen LogP contribution in [0.25, 0.3) is 11.1 Å². The molecule has 0 spiro atoms. The molecule has 3 heterocycles. The zero-order valence-electron chi connectivity index (χ0n) is 18.4. The first kappa shape index (κ1) is 21.9. The molecule has 0 radical (unpaired) electrons. The van der Waals surface area contributed by atoms with E-state index in [9.17, 15) is 9.18 Å². The summed E-state index contributed by atoms with van der Waals surface area (Å²) >= 11 is 0. The highest BCUT2D eigenvalue weighted by molar-refractivity contribution is 5.79. The van der Waals surface area contributed by atoms with Gasteiger partial charge < -0.3 is 9.64 Å². The fourth-order valence-corrected chi connectivity index (χ4v) is 4.15. The molecule has 166 valence electrons. The van der Waals surface area contributed by atoms with Crippen LogP contribution in [0, 0.1) is 12.7 Å². The van der Waals surface area contributed by atoms with Gasteiger partial charge in [0.2, 0.25) is 0 Å². The number of nitrogens with zero attached hydrogens (tertiary/aromatic N) is 4. The largest absolute Gasteiger partial charge is 0.481 e. The molecule has 1 aromatic carbocycles. The summed E-state index contributed by atoms with van der Waals surface area (Å²) in [6.07, 6.45) is 8.84. The topological polar surface area (TPSA) is 68.2 Å². The van der Waals surface area contributed by atoms with Crippen LogP contribution >= 0.6 is 0 Å². The fraction of sp³-hybridized carbons (Fsp3) is 0.360. The maximum Gasteiger partial charge on any atom is 0.261 e. The number of hydrogen-bond donors (Lipinski definition) is 0. The highest BCUT2D eigenvalue weighted by atomic mass is 19.1. The summed E-state index contributed by atoms with van der Waals surface area (Å²) in [5.41, 5.74) is 3.82. The Bertz CT molecular complexity index is 1100. The van der Waals surface area contributed by atoms with Crippen molar-refractivity contribution in [1.29, 1.82) is 0 Å². The lowest BCUT2D eigenvalue weighted by Crippen LogP contribution is -2.35. The number of carbonyl (C=O) groups excluding carboxylic acids is 1. The number of amides is 1. The van der Waals surface area contributed by atoms with Gasteiger partial charge in [-0.3, -0.25) is 9.78 Å². The van der Waals surface area contributed by atoms with E-state index in [4.69, 9.17) is 9.72 Å². The van der Waals surface area contributed by atoms with Crippen LogP contribution in [0.4, 0.5) is 4.39 Å². The molecule has 7 heteroatoms. The lowest BCUT2D eigenvalue weighted by Gasteiger charge is -2.26. The van der Waals surface area contributed by atoms with E-state index in [0.717, 1.165) is 53.9 Å². The quantitative estimate of drug-likeness (QED) is 0.540. The SMILES string of the molecule is CCCc1ncc(-c2ccncc2C)c(C2CCCN2C(=O)COc2ccccc2F)n1. The van der Waals surface area contributed by atoms with Gasteiger partial charge in [0.25, 0.3) is 5.91 Å². The van der Waals surface area contributed by atoms with Crippen molar-refractivity contribution in [2.45, 2.75) is 45.6 Å². The van der Waals surface area contributed by atoms with E-state index in [-0.39, 0.29) is 24.3 Å². The van der Waals surface area contributed by atoms with E-state index >= 15 is 0 Å². The first-order chi connectivity index (χ1) is 15.6. The van der Waals surface area contributed by atoms with Gasteiger partial charge in [-0.1, -0.05) is 19.1 Å². The second-order valence-electron chi connectivity index (χ2n) is 7.99. The molecule has 1 saturated heterocycles. The van der Waals surface area contributed by atoms with Crippen LogP contribution in [-0.4, -0.2) is 38.9 Å². The number of ether oxygens (including phenoxy) is 1. The van der Waals surface area contributed by atoms with Crippen LogP contribution in [0.2, 0.25) is 0 Å². The summed E-state index contributed by atoms with van der Waals surface area (Å²) in [6, 6.07) is 7.90. The van der Waals surface area contributed by atoms with Crippen LogP contribution in [-0.2, 0) is 11.2 Å². The van der Waals surface area contributed by atoms with E-state index < -0.39 is 5.82 Å². The van der Waals surface area contributed by atoms with Crippen molar-refractivity contribution < 1.29 is 13.9 Å². The van der Waals surface area contributed by atoms with Crippen molar-refractivity contribution in [3.05, 3.63) is 71.8 Å². The average molecular weight is 435 g/mol. The van der Waals surface area contributed by atoms with Gasteiger partial charge in [0, 0.05) is 37.1 Å². The first-order valence-corrected chi connectivity index (χ1v) is 11.0. The van der Waals surface area contributed by atoms with E-state index in [1.165, 1.54) is 12.1 Å². The van der Waals surface area contributed by atoms with E-state index in [2.05, 4.69) is 16.9 Å². The number of hydrogen-bond acceptors (Lipinski definition) is 5. The molecule has 2 aromatic heterocycles. The Morgan fingerprint density at radius 2 is 2.06 bits per heavy atom. The molecule has 32 heavy (non-hydrogen) atoms. The molecule has 0 saturated carbocycles. The minimum absolute atomic E-state index is 0.0805. The summed E-state index contributed by atoms with van der Waals surface area (Å²) in [4.78, 5) is 28.5. The van der Waals surface area contributed by atoms with Crippen LogP contribution in [0.3, 0.4) is 0 Å². The number of aryl methyl sites for hydroxylation is 2. The van der Waals surface area contributed by atoms with Gasteiger partial charge in [-0.2, -0.15) is 0 Å². The third kappa shape index (κ3) is 4.61. The average Bonchev–Trinajstić information content (AvgIpc) is 3.29. The second kappa shape index (κ2) is 9.85. The standard InChI is InChI=1S/C25H27FN4O2/c1-3-7-23-28-15-19(18-11-12-27-14-17(18)2)25(29-23)21-9-6-13-30(21)24(31)16-32-22-10-5-4-8-20(22)26/h4-5,8,10-12,14-15,21H,3,6-7,9,13,16H2,1-2H3. The first-order valence-electron chi connectivity index (χ1n) is 11.0. The Morgan fingerprint density at radius 1 is 1.22 bits per heavy atom. The molecule has 3 aromatic rings. The molecule has 1 atom stereocenters. The fourth-order valence-electron chi connectivity index (χ4n) is 4.15. The molecular weight excluding hydrogens is 407 g/mol. The van der Waals surface area contributed by atoms with Crippen molar-refractivity contribution in [1.82, 2.24) is 19.9 Å². The predicted octanol–water partition coefficient (Wildman–Crippen LogP) is 4.68. The number of rotatable bonds is 7. The number of halogens is 1.